The lowest BCUT2D eigenvalue weighted by Gasteiger charge is -2.24. The molecule has 0 aliphatic rings. The first kappa shape index (κ1) is 21.2. The van der Waals surface area contributed by atoms with Crippen LogP contribution in [0.2, 0.25) is 0 Å². The maximum absolute atomic E-state index is 11.7. The number of hydrogen-bond donors (Lipinski definition) is 1. The van der Waals surface area contributed by atoms with Crippen LogP contribution in [-0.2, 0) is 27.9 Å². The molecule has 0 aromatic rings. The zero-order valence-electron chi connectivity index (χ0n) is 13.7. The monoisotopic (exact) mass is 340 g/mol. The summed E-state index contributed by atoms with van der Waals surface area (Å²) in [6.07, 6.45) is 0.746. The minimum atomic E-state index is -4.19. The number of rotatable bonds is 12. The second kappa shape index (κ2) is 10.1. The molecule has 0 aliphatic carbocycles. The molecule has 0 bridgehead atoms. The first-order chi connectivity index (χ1) is 10.1. The Morgan fingerprint density at radius 3 is 2.45 bits per heavy atom. The van der Waals surface area contributed by atoms with Gasteiger partial charge in [-0.3, -0.25) is 13.8 Å². The largest absolute Gasteiger partial charge is 0.472 e. The fourth-order valence-electron chi connectivity index (χ4n) is 1.28. The van der Waals surface area contributed by atoms with Crippen molar-refractivity contribution in [1.82, 2.24) is 0 Å². The topological polar surface area (TPSA) is 91.3 Å². The summed E-state index contributed by atoms with van der Waals surface area (Å²) in [5.41, 5.74) is 0. The number of ether oxygens (including phenoxy) is 2. The van der Waals surface area contributed by atoms with Crippen LogP contribution in [0, 0.1) is 0 Å². The van der Waals surface area contributed by atoms with E-state index < -0.39 is 19.9 Å². The molecule has 9 heteroatoms. The third-order valence-electron chi connectivity index (χ3n) is 2.31. The van der Waals surface area contributed by atoms with Crippen molar-refractivity contribution in [1.29, 1.82) is 0 Å². The predicted octanol–water partition coefficient (Wildman–Crippen LogP) is 0.960. The van der Waals surface area contributed by atoms with E-state index in [1.54, 1.807) is 0 Å². The van der Waals surface area contributed by atoms with Gasteiger partial charge < -0.3 is 18.9 Å². The van der Waals surface area contributed by atoms with Crippen molar-refractivity contribution in [2.75, 3.05) is 54.1 Å². The Morgan fingerprint density at radius 1 is 1.32 bits per heavy atom. The molecule has 0 aromatic heterocycles. The summed E-state index contributed by atoms with van der Waals surface area (Å²) in [6, 6.07) is 0. The predicted molar refractivity (Wildman–Crippen MR) is 81.2 cm³/mol. The van der Waals surface area contributed by atoms with Crippen LogP contribution in [0.1, 0.15) is 6.92 Å². The van der Waals surface area contributed by atoms with Crippen molar-refractivity contribution in [3.63, 3.8) is 0 Å². The quantitative estimate of drug-likeness (QED) is 0.186. The molecule has 0 aliphatic heterocycles. The lowest BCUT2D eigenvalue weighted by atomic mass is 10.4. The highest BCUT2D eigenvalue weighted by atomic mass is 31.2. The number of hydrogen-bond acceptors (Lipinski definition) is 6. The Bertz CT molecular complexity index is 394. The number of carbonyl (C=O) groups excluding carboxylic acids is 1. The van der Waals surface area contributed by atoms with Crippen molar-refractivity contribution >= 4 is 13.8 Å². The van der Waals surface area contributed by atoms with Gasteiger partial charge in [-0.25, -0.2) is 4.57 Å². The third-order valence-corrected chi connectivity index (χ3v) is 3.30. The van der Waals surface area contributed by atoms with Gasteiger partial charge in [0.05, 0.1) is 41.0 Å². The molecule has 0 aromatic carbocycles. The summed E-state index contributed by atoms with van der Waals surface area (Å²) < 4.78 is 32.1. The minimum Gasteiger partial charge on any atom is -0.458 e. The van der Waals surface area contributed by atoms with Crippen LogP contribution in [0.4, 0.5) is 0 Å². The lowest BCUT2D eigenvalue weighted by Crippen LogP contribution is -2.37. The maximum Gasteiger partial charge on any atom is 0.472 e. The van der Waals surface area contributed by atoms with Gasteiger partial charge in [-0.05, 0) is 0 Å². The highest BCUT2D eigenvalue weighted by molar-refractivity contribution is 7.47. The SMILES string of the molecule is C=CCOC[C@H](COP(=O)(O)OCC[N+](C)(C)C)OC(C)=O. The lowest BCUT2D eigenvalue weighted by molar-refractivity contribution is -0.870. The highest BCUT2D eigenvalue weighted by Crippen LogP contribution is 2.43. The number of phosphoric ester groups is 1. The Labute approximate surface area is 131 Å². The average Bonchev–Trinajstić information content (AvgIpc) is 2.33. The van der Waals surface area contributed by atoms with Gasteiger partial charge in [-0.2, -0.15) is 0 Å². The average molecular weight is 340 g/mol. The van der Waals surface area contributed by atoms with Crippen LogP contribution in [0.25, 0.3) is 0 Å². The molecule has 0 heterocycles. The maximum atomic E-state index is 11.7. The van der Waals surface area contributed by atoms with E-state index in [1.807, 2.05) is 21.1 Å². The molecule has 0 spiro atoms. The van der Waals surface area contributed by atoms with E-state index in [9.17, 15) is 14.3 Å². The van der Waals surface area contributed by atoms with Gasteiger partial charge in [-0.15, -0.1) is 6.58 Å². The summed E-state index contributed by atoms with van der Waals surface area (Å²) in [7, 11) is 1.60. The van der Waals surface area contributed by atoms with Crippen molar-refractivity contribution in [3.8, 4) is 0 Å². The van der Waals surface area contributed by atoms with Crippen LogP contribution in [0.5, 0.6) is 0 Å². The van der Waals surface area contributed by atoms with E-state index in [2.05, 4.69) is 6.58 Å². The minimum absolute atomic E-state index is 0.0322. The van der Waals surface area contributed by atoms with E-state index in [0.717, 1.165) is 0 Å². The molecule has 1 N–H and O–H groups in total. The zero-order chi connectivity index (χ0) is 17.2. The molecule has 130 valence electrons. The summed E-state index contributed by atoms with van der Waals surface area (Å²) in [5, 5.41) is 0. The molecule has 0 saturated carbocycles. The van der Waals surface area contributed by atoms with E-state index in [1.165, 1.54) is 13.0 Å². The first-order valence-corrected chi connectivity index (χ1v) is 8.33. The Morgan fingerprint density at radius 2 is 1.95 bits per heavy atom. The van der Waals surface area contributed by atoms with Crippen molar-refractivity contribution in [2.45, 2.75) is 13.0 Å². The van der Waals surface area contributed by atoms with Gasteiger partial charge >= 0.3 is 13.8 Å². The number of quaternary nitrogens is 1. The molecule has 22 heavy (non-hydrogen) atoms. The smallest absolute Gasteiger partial charge is 0.458 e. The van der Waals surface area contributed by atoms with Gasteiger partial charge in [0.1, 0.15) is 19.3 Å². The standard InChI is InChI=1S/C13H26NO7P/c1-6-8-18-10-13(21-12(2)15)11-20-22(16,17)19-9-7-14(3,4)5/h6,13H,1,7-11H2,2-5H3/p+1/t13-/m1/s1. The summed E-state index contributed by atoms with van der Waals surface area (Å²) in [5.74, 6) is -0.533. The summed E-state index contributed by atoms with van der Waals surface area (Å²) in [4.78, 5) is 20.5. The van der Waals surface area contributed by atoms with Crippen molar-refractivity contribution in [2.24, 2.45) is 0 Å². The Hall–Kier alpha value is -0.760. The van der Waals surface area contributed by atoms with Crippen LogP contribution in [0.15, 0.2) is 12.7 Å². The van der Waals surface area contributed by atoms with E-state index in [0.29, 0.717) is 11.0 Å². The van der Waals surface area contributed by atoms with E-state index >= 15 is 0 Å². The van der Waals surface area contributed by atoms with Gasteiger partial charge in [0, 0.05) is 6.92 Å². The van der Waals surface area contributed by atoms with Crippen molar-refractivity contribution < 1.29 is 37.3 Å². The van der Waals surface area contributed by atoms with Gasteiger partial charge in [0.15, 0.2) is 0 Å². The number of carbonyl (C=O) groups is 1. The molecule has 0 amide bonds. The van der Waals surface area contributed by atoms with Gasteiger partial charge in [0.2, 0.25) is 0 Å². The van der Waals surface area contributed by atoms with Crippen LogP contribution in [0.3, 0.4) is 0 Å². The van der Waals surface area contributed by atoms with E-state index in [4.69, 9.17) is 18.5 Å². The number of esters is 1. The molecule has 0 saturated heterocycles. The second-order valence-electron chi connectivity index (χ2n) is 5.67. The van der Waals surface area contributed by atoms with Gasteiger partial charge in [0.25, 0.3) is 0 Å². The Balaban J connectivity index is 4.26. The van der Waals surface area contributed by atoms with Crippen molar-refractivity contribution in [3.05, 3.63) is 12.7 Å². The highest BCUT2D eigenvalue weighted by Gasteiger charge is 2.25. The van der Waals surface area contributed by atoms with E-state index in [-0.39, 0.29) is 26.4 Å². The fourth-order valence-corrected chi connectivity index (χ4v) is 2.02. The number of nitrogens with zero attached hydrogens (tertiary/aromatic N) is 1. The number of likely N-dealkylation sites (N-methyl/N-ethyl adjacent to an activating group) is 1. The molecule has 2 atom stereocenters. The Kier molecular flexibility index (Phi) is 9.75. The van der Waals surface area contributed by atoms with Crippen LogP contribution in [-0.4, -0.2) is 75.6 Å². The fraction of sp³-hybridized carbons (Fsp3) is 0.769. The molecular weight excluding hydrogens is 313 g/mol. The molecular formula is C13H27NO7P+. The molecule has 0 fully saturated rings. The number of phosphoric acid groups is 1. The molecule has 0 rings (SSSR count). The van der Waals surface area contributed by atoms with Crippen LogP contribution >= 0.6 is 7.82 Å². The first-order valence-electron chi connectivity index (χ1n) is 6.84. The molecule has 0 radical (unpaired) electrons. The molecule has 8 nitrogen and oxygen atoms in total. The van der Waals surface area contributed by atoms with Gasteiger partial charge in [-0.1, -0.05) is 6.08 Å². The zero-order valence-corrected chi connectivity index (χ0v) is 14.6. The third kappa shape index (κ3) is 12.9. The van der Waals surface area contributed by atoms with Crippen LogP contribution < -0.4 is 0 Å². The normalized spacial score (nSPS) is 15.9. The summed E-state index contributed by atoms with van der Waals surface area (Å²) >= 11 is 0. The second-order valence-corrected chi connectivity index (χ2v) is 7.12. The molecule has 1 unspecified atom stereocenters. The summed E-state index contributed by atoms with van der Waals surface area (Å²) in [6.45, 7) is 5.35.